The number of hydrogen-bond donors (Lipinski definition) is 3. The molecule has 1 aliphatic heterocycles. The number of carbonyl (C=O) groups is 2. The number of pyridine rings is 2. The fraction of sp³-hybridized carbons (Fsp3) is 0.321. The Bertz CT molecular complexity index is 1410. The highest BCUT2D eigenvalue weighted by atomic mass is 16.2. The number of likely N-dealkylation sites (tertiary alicyclic amines) is 1. The molecule has 1 fully saturated rings. The molecule has 4 heterocycles. The van der Waals surface area contributed by atoms with Gasteiger partial charge in [-0.1, -0.05) is 19.9 Å². The second kappa shape index (κ2) is 10.9. The Morgan fingerprint density at radius 2 is 1.84 bits per heavy atom. The standard InChI is InChI=1S/C28H31N7O2/c1-3-21(4-2)31-27(36)25-9-7-22(16-30-25)32-28(37)26-23-13-19(6-8-24(23)33-34-26)20-12-18(14-29-15-20)17-35-10-5-11-35/h6-9,12-16,21H,3-5,10-11,17H2,1-2H3,(H,31,36)(H,32,37)(H,33,34). The van der Waals surface area contributed by atoms with Crippen LogP contribution in [0.4, 0.5) is 5.69 Å². The number of H-pyrrole nitrogens is 1. The zero-order valence-electron chi connectivity index (χ0n) is 21.1. The first-order chi connectivity index (χ1) is 18.0. The zero-order chi connectivity index (χ0) is 25.8. The van der Waals surface area contributed by atoms with Crippen molar-refractivity contribution >= 4 is 28.4 Å². The topological polar surface area (TPSA) is 116 Å². The van der Waals surface area contributed by atoms with E-state index < -0.39 is 0 Å². The number of hydrogen-bond acceptors (Lipinski definition) is 6. The largest absolute Gasteiger partial charge is 0.348 e. The lowest BCUT2D eigenvalue weighted by Gasteiger charge is -2.30. The third-order valence-electron chi connectivity index (χ3n) is 6.84. The molecule has 5 rings (SSSR count). The van der Waals surface area contributed by atoms with E-state index in [0.717, 1.165) is 54.5 Å². The third-order valence-corrected chi connectivity index (χ3v) is 6.84. The Balaban J connectivity index is 1.31. The number of carbonyl (C=O) groups excluding carboxylic acids is 2. The van der Waals surface area contributed by atoms with Gasteiger partial charge in [-0.3, -0.25) is 24.6 Å². The number of nitrogens with one attached hydrogen (secondary N) is 3. The van der Waals surface area contributed by atoms with Gasteiger partial charge in [0.25, 0.3) is 11.8 Å². The van der Waals surface area contributed by atoms with Gasteiger partial charge in [0, 0.05) is 35.9 Å². The molecule has 190 valence electrons. The van der Waals surface area contributed by atoms with Gasteiger partial charge >= 0.3 is 0 Å². The molecule has 3 N–H and O–H groups in total. The molecule has 0 saturated carbocycles. The number of aromatic nitrogens is 4. The summed E-state index contributed by atoms with van der Waals surface area (Å²) in [4.78, 5) is 36.5. The van der Waals surface area contributed by atoms with Crippen LogP contribution < -0.4 is 10.6 Å². The fourth-order valence-corrected chi connectivity index (χ4v) is 4.44. The van der Waals surface area contributed by atoms with Crippen LogP contribution in [0.2, 0.25) is 0 Å². The first kappa shape index (κ1) is 24.6. The molecule has 0 bridgehead atoms. The first-order valence-corrected chi connectivity index (χ1v) is 12.8. The maximum atomic E-state index is 13.1. The summed E-state index contributed by atoms with van der Waals surface area (Å²) >= 11 is 0. The van der Waals surface area contributed by atoms with Crippen molar-refractivity contribution in [1.29, 1.82) is 0 Å². The van der Waals surface area contributed by atoms with Crippen molar-refractivity contribution in [2.75, 3.05) is 18.4 Å². The van der Waals surface area contributed by atoms with Crippen LogP contribution in [0, 0.1) is 0 Å². The van der Waals surface area contributed by atoms with Crippen LogP contribution in [0.15, 0.2) is 55.0 Å². The predicted octanol–water partition coefficient (Wildman–Crippen LogP) is 4.40. The van der Waals surface area contributed by atoms with E-state index in [9.17, 15) is 9.59 Å². The Hall–Kier alpha value is -4.11. The van der Waals surface area contributed by atoms with Gasteiger partial charge in [-0.25, -0.2) is 4.98 Å². The van der Waals surface area contributed by atoms with Crippen LogP contribution in [0.1, 0.15) is 59.7 Å². The summed E-state index contributed by atoms with van der Waals surface area (Å²) in [5.41, 5.74) is 4.99. The normalized spacial score (nSPS) is 13.5. The second-order valence-electron chi connectivity index (χ2n) is 9.42. The monoisotopic (exact) mass is 497 g/mol. The molecule has 2 amide bonds. The highest BCUT2D eigenvalue weighted by Gasteiger charge is 2.18. The van der Waals surface area contributed by atoms with E-state index in [1.54, 1.807) is 12.1 Å². The predicted molar refractivity (Wildman–Crippen MR) is 143 cm³/mol. The molecule has 1 aliphatic rings. The molecule has 3 aromatic heterocycles. The Labute approximate surface area is 215 Å². The molecule has 0 aliphatic carbocycles. The quantitative estimate of drug-likeness (QED) is 0.316. The van der Waals surface area contributed by atoms with Gasteiger partial charge < -0.3 is 10.6 Å². The molecular formula is C28H31N7O2. The SMILES string of the molecule is CCC(CC)NC(=O)c1ccc(NC(=O)c2n[nH]c3ccc(-c4cncc(CN5CCC5)c4)cc23)cn1. The van der Waals surface area contributed by atoms with Crippen molar-refractivity contribution in [1.82, 2.24) is 30.4 Å². The molecular weight excluding hydrogens is 466 g/mol. The van der Waals surface area contributed by atoms with Gasteiger partial charge in [0.1, 0.15) is 5.69 Å². The van der Waals surface area contributed by atoms with Crippen molar-refractivity contribution in [2.45, 2.75) is 45.7 Å². The number of aromatic amines is 1. The highest BCUT2D eigenvalue weighted by molar-refractivity contribution is 6.11. The van der Waals surface area contributed by atoms with E-state index in [1.165, 1.54) is 18.2 Å². The Kier molecular flexibility index (Phi) is 7.23. The van der Waals surface area contributed by atoms with Crippen LogP contribution in [-0.4, -0.2) is 56.0 Å². The van der Waals surface area contributed by atoms with E-state index in [4.69, 9.17) is 0 Å². The highest BCUT2D eigenvalue weighted by Crippen LogP contribution is 2.27. The van der Waals surface area contributed by atoms with Crippen molar-refractivity contribution in [3.8, 4) is 11.1 Å². The lowest BCUT2D eigenvalue weighted by Crippen LogP contribution is -2.36. The molecule has 37 heavy (non-hydrogen) atoms. The number of rotatable bonds is 9. The van der Waals surface area contributed by atoms with Crippen LogP contribution >= 0.6 is 0 Å². The summed E-state index contributed by atoms with van der Waals surface area (Å²) in [6.45, 7) is 7.23. The summed E-state index contributed by atoms with van der Waals surface area (Å²) in [6.07, 6.45) is 8.20. The van der Waals surface area contributed by atoms with Crippen molar-refractivity contribution in [3.05, 3.63) is 71.9 Å². The van der Waals surface area contributed by atoms with Crippen molar-refractivity contribution in [2.24, 2.45) is 0 Å². The number of benzene rings is 1. The smallest absolute Gasteiger partial charge is 0.276 e. The van der Waals surface area contributed by atoms with E-state index in [2.05, 4.69) is 41.8 Å². The minimum atomic E-state index is -0.357. The minimum Gasteiger partial charge on any atom is -0.348 e. The van der Waals surface area contributed by atoms with Gasteiger partial charge in [0.15, 0.2) is 5.69 Å². The molecule has 0 unspecified atom stereocenters. The van der Waals surface area contributed by atoms with Gasteiger partial charge in [0.05, 0.1) is 17.4 Å². The summed E-state index contributed by atoms with van der Waals surface area (Å²) < 4.78 is 0. The lowest BCUT2D eigenvalue weighted by molar-refractivity contribution is 0.0929. The Morgan fingerprint density at radius 1 is 1.00 bits per heavy atom. The van der Waals surface area contributed by atoms with E-state index in [1.807, 2.05) is 44.4 Å². The third kappa shape index (κ3) is 5.51. The minimum absolute atomic E-state index is 0.116. The lowest BCUT2D eigenvalue weighted by atomic mass is 10.0. The molecule has 9 heteroatoms. The number of nitrogens with zero attached hydrogens (tertiary/aromatic N) is 4. The zero-order valence-corrected chi connectivity index (χ0v) is 21.1. The Morgan fingerprint density at radius 3 is 2.54 bits per heavy atom. The second-order valence-corrected chi connectivity index (χ2v) is 9.42. The van der Waals surface area contributed by atoms with Crippen LogP contribution in [0.3, 0.4) is 0 Å². The maximum Gasteiger partial charge on any atom is 0.276 e. The summed E-state index contributed by atoms with van der Waals surface area (Å²) in [6, 6.07) is 11.4. The van der Waals surface area contributed by atoms with Gasteiger partial charge in [0.2, 0.25) is 0 Å². The van der Waals surface area contributed by atoms with E-state index in [0.29, 0.717) is 11.4 Å². The van der Waals surface area contributed by atoms with Crippen LogP contribution in [0.5, 0.6) is 0 Å². The van der Waals surface area contributed by atoms with Gasteiger partial charge in [-0.2, -0.15) is 5.10 Å². The summed E-state index contributed by atoms with van der Waals surface area (Å²) in [5, 5.41) is 13.7. The molecule has 0 spiro atoms. The molecule has 1 aromatic carbocycles. The average molecular weight is 498 g/mol. The number of fused-ring (bicyclic) bond motifs is 1. The van der Waals surface area contributed by atoms with Crippen molar-refractivity contribution < 1.29 is 9.59 Å². The van der Waals surface area contributed by atoms with E-state index in [-0.39, 0.29) is 23.6 Å². The van der Waals surface area contributed by atoms with Crippen molar-refractivity contribution in [3.63, 3.8) is 0 Å². The first-order valence-electron chi connectivity index (χ1n) is 12.8. The summed E-state index contributed by atoms with van der Waals surface area (Å²) in [5.74, 6) is -0.579. The van der Waals surface area contributed by atoms with Crippen LogP contribution in [0.25, 0.3) is 22.0 Å². The number of anilines is 1. The number of amides is 2. The maximum absolute atomic E-state index is 13.1. The molecule has 0 radical (unpaired) electrons. The van der Waals surface area contributed by atoms with Crippen LogP contribution in [-0.2, 0) is 6.54 Å². The van der Waals surface area contributed by atoms with Gasteiger partial charge in [-0.15, -0.1) is 0 Å². The van der Waals surface area contributed by atoms with Gasteiger partial charge in [-0.05, 0) is 73.8 Å². The molecule has 1 saturated heterocycles. The summed E-state index contributed by atoms with van der Waals surface area (Å²) in [7, 11) is 0. The fourth-order valence-electron chi connectivity index (χ4n) is 4.44. The molecule has 4 aromatic rings. The molecule has 0 atom stereocenters. The molecule has 9 nitrogen and oxygen atoms in total. The van der Waals surface area contributed by atoms with E-state index >= 15 is 0 Å². The average Bonchev–Trinajstić information content (AvgIpc) is 3.33.